The number of nitrogens with zero attached hydrogens (tertiary/aromatic N) is 1. The molecular weight excluding hydrogens is 314 g/mol. The van der Waals surface area contributed by atoms with Gasteiger partial charge < -0.3 is 0 Å². The molecule has 0 aromatic rings. The van der Waals surface area contributed by atoms with Crippen molar-refractivity contribution in [3.8, 4) is 0 Å². The van der Waals surface area contributed by atoms with Gasteiger partial charge in [-0.1, -0.05) is 19.4 Å². The van der Waals surface area contributed by atoms with Gasteiger partial charge in [-0.2, -0.15) is 0 Å². The highest BCUT2D eigenvalue weighted by molar-refractivity contribution is 5.91. The molecule has 0 N–H and O–H groups in total. The Kier molecular flexibility index (Phi) is 4.08. The van der Waals surface area contributed by atoms with Crippen molar-refractivity contribution in [2.24, 2.45) is 34.5 Å². The molecule has 0 saturated heterocycles. The van der Waals surface area contributed by atoms with E-state index in [4.69, 9.17) is 0 Å². The van der Waals surface area contributed by atoms with Gasteiger partial charge in [-0.05, 0) is 85.5 Å². The molecule has 0 aliphatic heterocycles. The smallest absolute Gasteiger partial charge is 0.204 e. The fraction of sp³-hybridized carbons (Fsp3) is 0.857. The quantitative estimate of drug-likeness (QED) is 0.545. The summed E-state index contributed by atoms with van der Waals surface area (Å²) in [5.74, 6) is 3.07. The van der Waals surface area contributed by atoms with Gasteiger partial charge in [-0.3, -0.25) is 14.9 Å². The van der Waals surface area contributed by atoms with E-state index >= 15 is 0 Å². The molecule has 0 aromatic heterocycles. The Morgan fingerprint density at radius 2 is 1.92 bits per heavy atom. The molecular formula is C21H31NO3. The molecule has 0 radical (unpaired) electrons. The van der Waals surface area contributed by atoms with E-state index in [0.717, 1.165) is 37.5 Å². The second kappa shape index (κ2) is 5.92. The van der Waals surface area contributed by atoms with Crippen molar-refractivity contribution in [2.75, 3.05) is 6.54 Å². The van der Waals surface area contributed by atoms with Gasteiger partial charge in [-0.15, -0.1) is 0 Å². The van der Waals surface area contributed by atoms with Gasteiger partial charge in [0.25, 0.3) is 0 Å². The minimum absolute atomic E-state index is 0.133. The van der Waals surface area contributed by atoms with Crippen molar-refractivity contribution >= 4 is 5.78 Å². The molecule has 0 unspecified atom stereocenters. The van der Waals surface area contributed by atoms with Crippen LogP contribution in [0.15, 0.2) is 11.6 Å². The third-order valence-electron chi connectivity index (χ3n) is 8.82. The third-order valence-corrected chi connectivity index (χ3v) is 8.82. The van der Waals surface area contributed by atoms with Crippen LogP contribution in [0.4, 0.5) is 0 Å². The van der Waals surface area contributed by atoms with Gasteiger partial charge in [0.2, 0.25) is 6.54 Å². The van der Waals surface area contributed by atoms with Crippen molar-refractivity contribution in [3.63, 3.8) is 0 Å². The van der Waals surface area contributed by atoms with Crippen molar-refractivity contribution < 1.29 is 9.72 Å². The standard InChI is InChI=1S/C21H31NO3/c1-20-11-8-19-17(18(20)6-4-14(20)9-12-22(24)25)5-3-15-13-16(23)7-10-21(15,19)2/h13-14,17-19H,3-12H2,1-2H3/t14-,17+,18+,19+,20-,21+/m1/s1. The van der Waals surface area contributed by atoms with Gasteiger partial charge in [0.15, 0.2) is 5.78 Å². The summed E-state index contributed by atoms with van der Waals surface area (Å²) in [6, 6.07) is 0. The normalized spacial score (nSPS) is 46.0. The van der Waals surface area contributed by atoms with E-state index in [1.165, 1.54) is 37.7 Å². The first kappa shape index (κ1) is 17.2. The van der Waals surface area contributed by atoms with Crippen LogP contribution in [0.2, 0.25) is 0 Å². The highest BCUT2D eigenvalue weighted by Gasteiger charge is 2.58. The number of hydrogen-bond acceptors (Lipinski definition) is 3. The van der Waals surface area contributed by atoms with Crippen LogP contribution in [0.25, 0.3) is 0 Å². The molecule has 0 amide bonds. The zero-order valence-electron chi connectivity index (χ0n) is 15.6. The average molecular weight is 345 g/mol. The fourth-order valence-electron chi connectivity index (χ4n) is 7.40. The van der Waals surface area contributed by atoms with Crippen LogP contribution in [0.3, 0.4) is 0 Å². The van der Waals surface area contributed by atoms with E-state index < -0.39 is 0 Å². The SMILES string of the molecule is C[C@]12CC[C@H]3[C@@H](CCC4=CC(=O)CC[C@@]43C)[C@@H]1CC[C@@H]2CC[N+](=O)[O-]. The number of rotatable bonds is 3. The Morgan fingerprint density at radius 1 is 1.12 bits per heavy atom. The minimum atomic E-state index is -0.139. The number of fused-ring (bicyclic) bond motifs is 5. The lowest BCUT2D eigenvalue weighted by molar-refractivity contribution is -0.482. The van der Waals surface area contributed by atoms with Crippen LogP contribution in [-0.2, 0) is 4.79 Å². The van der Waals surface area contributed by atoms with Gasteiger partial charge in [0.05, 0.1) is 0 Å². The summed E-state index contributed by atoms with van der Waals surface area (Å²) in [6.07, 6.45) is 11.7. The van der Waals surface area contributed by atoms with Crippen LogP contribution < -0.4 is 0 Å². The van der Waals surface area contributed by atoms with Crippen LogP contribution >= 0.6 is 0 Å². The molecule has 0 spiro atoms. The molecule has 4 nitrogen and oxygen atoms in total. The van der Waals surface area contributed by atoms with Gasteiger partial charge in [-0.25, -0.2) is 0 Å². The lowest BCUT2D eigenvalue weighted by Crippen LogP contribution is -2.50. The van der Waals surface area contributed by atoms with E-state index in [1.54, 1.807) is 0 Å². The van der Waals surface area contributed by atoms with Gasteiger partial charge >= 0.3 is 0 Å². The molecule has 0 bridgehead atoms. The maximum atomic E-state index is 11.9. The van der Waals surface area contributed by atoms with Crippen LogP contribution in [0.5, 0.6) is 0 Å². The zero-order valence-corrected chi connectivity index (χ0v) is 15.6. The van der Waals surface area contributed by atoms with E-state index in [0.29, 0.717) is 23.0 Å². The van der Waals surface area contributed by atoms with Crippen molar-refractivity contribution in [1.29, 1.82) is 0 Å². The minimum Gasteiger partial charge on any atom is -0.295 e. The maximum absolute atomic E-state index is 11.9. The average Bonchev–Trinajstić information content (AvgIpc) is 2.90. The fourth-order valence-corrected chi connectivity index (χ4v) is 7.40. The summed E-state index contributed by atoms with van der Waals surface area (Å²) >= 11 is 0. The highest BCUT2D eigenvalue weighted by Crippen LogP contribution is 2.66. The highest BCUT2D eigenvalue weighted by atomic mass is 16.6. The summed E-state index contributed by atoms with van der Waals surface area (Å²) < 4.78 is 0. The number of hydrogen-bond donors (Lipinski definition) is 0. The largest absolute Gasteiger partial charge is 0.295 e. The second-order valence-corrected chi connectivity index (χ2v) is 9.63. The molecule has 3 fully saturated rings. The van der Waals surface area contributed by atoms with Crippen molar-refractivity contribution in [3.05, 3.63) is 21.8 Å². The van der Waals surface area contributed by atoms with Crippen LogP contribution in [-0.4, -0.2) is 17.3 Å². The van der Waals surface area contributed by atoms with Crippen molar-refractivity contribution in [1.82, 2.24) is 0 Å². The van der Waals surface area contributed by atoms with E-state index in [-0.39, 0.29) is 16.9 Å². The van der Waals surface area contributed by atoms with Crippen molar-refractivity contribution in [2.45, 2.75) is 71.6 Å². The predicted molar refractivity (Wildman–Crippen MR) is 96.7 cm³/mol. The number of ketones is 1. The zero-order chi connectivity index (χ0) is 17.8. The molecule has 6 atom stereocenters. The Balaban J connectivity index is 1.57. The molecule has 4 heteroatoms. The first-order chi connectivity index (χ1) is 11.8. The molecule has 138 valence electrons. The summed E-state index contributed by atoms with van der Waals surface area (Å²) in [6.45, 7) is 4.99. The number of carbonyl (C=O) groups excluding carboxylic acids is 1. The molecule has 4 aliphatic carbocycles. The van der Waals surface area contributed by atoms with E-state index in [9.17, 15) is 14.9 Å². The van der Waals surface area contributed by atoms with E-state index in [2.05, 4.69) is 13.8 Å². The summed E-state index contributed by atoms with van der Waals surface area (Å²) in [7, 11) is 0. The molecule has 3 saturated carbocycles. The Hall–Kier alpha value is -1.19. The molecule has 4 rings (SSSR count). The monoisotopic (exact) mass is 345 g/mol. The lowest BCUT2D eigenvalue weighted by Gasteiger charge is -2.58. The maximum Gasteiger partial charge on any atom is 0.204 e. The Labute approximate surface area is 150 Å². The van der Waals surface area contributed by atoms with E-state index in [1.807, 2.05) is 6.08 Å². The Morgan fingerprint density at radius 3 is 2.68 bits per heavy atom. The molecule has 25 heavy (non-hydrogen) atoms. The molecule has 0 aromatic carbocycles. The first-order valence-corrected chi connectivity index (χ1v) is 10.2. The summed E-state index contributed by atoms with van der Waals surface area (Å²) in [5, 5.41) is 10.8. The van der Waals surface area contributed by atoms with Gasteiger partial charge in [0.1, 0.15) is 0 Å². The first-order valence-electron chi connectivity index (χ1n) is 10.2. The molecule has 4 aliphatic rings. The second-order valence-electron chi connectivity index (χ2n) is 9.63. The van der Waals surface area contributed by atoms with Crippen LogP contribution in [0.1, 0.15) is 71.6 Å². The summed E-state index contributed by atoms with van der Waals surface area (Å²) in [4.78, 5) is 22.6. The summed E-state index contributed by atoms with van der Waals surface area (Å²) in [5.41, 5.74) is 1.97. The molecule has 0 heterocycles. The lowest BCUT2D eigenvalue weighted by atomic mass is 9.47. The van der Waals surface area contributed by atoms with Gasteiger partial charge in [0, 0.05) is 17.8 Å². The number of carbonyl (C=O) groups is 1. The predicted octanol–water partition coefficient (Wildman–Crippen LogP) is 4.80. The topological polar surface area (TPSA) is 60.2 Å². The van der Waals surface area contributed by atoms with Crippen LogP contribution in [0, 0.1) is 44.6 Å². The third kappa shape index (κ3) is 2.59. The Bertz CT molecular complexity index is 627. The number of nitro groups is 1. The number of allylic oxidation sites excluding steroid dienone is 1.